The quantitative estimate of drug-likeness (QED) is 0.700. The molecule has 0 bridgehead atoms. The molecule has 2 aliphatic rings. The van der Waals surface area contributed by atoms with Crippen LogP contribution in [0, 0.1) is 0 Å². The van der Waals surface area contributed by atoms with Crippen LogP contribution in [0.4, 0.5) is 0 Å². The van der Waals surface area contributed by atoms with Crippen molar-refractivity contribution in [2.75, 3.05) is 12.3 Å². The van der Waals surface area contributed by atoms with E-state index in [4.69, 9.17) is 0 Å². The zero-order valence-corrected chi connectivity index (χ0v) is 17.4. The van der Waals surface area contributed by atoms with Gasteiger partial charge >= 0.3 is 0 Å². The van der Waals surface area contributed by atoms with Gasteiger partial charge in [0, 0.05) is 36.6 Å². The topological polar surface area (TPSA) is 63.9 Å². The minimum atomic E-state index is 0.223. The number of piperidine rings is 1. The number of amides is 1. The summed E-state index contributed by atoms with van der Waals surface area (Å²) in [6.07, 6.45) is 13.1. The Morgan fingerprint density at radius 1 is 1.07 bits per heavy atom. The molecule has 0 unspecified atom stereocenters. The molecule has 3 heterocycles. The van der Waals surface area contributed by atoms with E-state index >= 15 is 0 Å². The number of carbonyl (C=O) groups is 1. The number of likely N-dealkylation sites (tertiary alicyclic amines) is 1. The van der Waals surface area contributed by atoms with E-state index in [-0.39, 0.29) is 5.91 Å². The van der Waals surface area contributed by atoms with E-state index < -0.39 is 0 Å². The molecule has 0 aromatic carbocycles. The molecule has 1 atom stereocenters. The highest BCUT2D eigenvalue weighted by molar-refractivity contribution is 7.99. The maximum atomic E-state index is 12.8. The lowest BCUT2D eigenvalue weighted by atomic mass is 9.95. The van der Waals surface area contributed by atoms with Crippen LogP contribution >= 0.6 is 11.8 Å². The first kappa shape index (κ1) is 19.4. The van der Waals surface area contributed by atoms with Crippen molar-refractivity contribution in [3.8, 4) is 11.4 Å². The Morgan fingerprint density at radius 2 is 1.82 bits per heavy atom. The van der Waals surface area contributed by atoms with Crippen molar-refractivity contribution < 1.29 is 4.79 Å². The van der Waals surface area contributed by atoms with Gasteiger partial charge in [-0.2, -0.15) is 0 Å². The largest absolute Gasteiger partial charge is 0.339 e. The summed E-state index contributed by atoms with van der Waals surface area (Å²) in [5.41, 5.74) is 1.04. The van der Waals surface area contributed by atoms with Crippen LogP contribution in [0.5, 0.6) is 0 Å². The number of nitrogens with zero attached hydrogens (tertiary/aromatic N) is 5. The highest BCUT2D eigenvalue weighted by atomic mass is 32.2. The van der Waals surface area contributed by atoms with Gasteiger partial charge < -0.3 is 4.90 Å². The molecule has 150 valence electrons. The zero-order valence-electron chi connectivity index (χ0n) is 16.6. The second kappa shape index (κ2) is 9.07. The lowest BCUT2D eigenvalue weighted by Crippen LogP contribution is -2.43. The summed E-state index contributed by atoms with van der Waals surface area (Å²) in [5.74, 6) is 1.56. The Morgan fingerprint density at radius 3 is 2.57 bits per heavy atom. The Labute approximate surface area is 171 Å². The van der Waals surface area contributed by atoms with Crippen LogP contribution in [0.25, 0.3) is 11.4 Å². The van der Waals surface area contributed by atoms with Gasteiger partial charge in [-0.15, -0.1) is 10.2 Å². The maximum absolute atomic E-state index is 12.8. The number of pyridine rings is 1. The second-order valence-electron chi connectivity index (χ2n) is 7.92. The molecular weight excluding hydrogens is 370 g/mol. The lowest BCUT2D eigenvalue weighted by Gasteiger charge is -2.33. The molecule has 6 nitrogen and oxygen atoms in total. The summed E-state index contributed by atoms with van der Waals surface area (Å²) >= 11 is 1.54. The van der Waals surface area contributed by atoms with Gasteiger partial charge in [0.1, 0.15) is 0 Å². The Kier molecular flexibility index (Phi) is 6.29. The highest BCUT2D eigenvalue weighted by Crippen LogP contribution is 2.35. The van der Waals surface area contributed by atoms with E-state index in [9.17, 15) is 4.79 Å². The summed E-state index contributed by atoms with van der Waals surface area (Å²) in [6, 6.07) is 4.74. The number of rotatable bonds is 5. The SMILES string of the molecule is C[C@H]1CCCCN1C(=O)CSc1nnc(-c2ccncc2)n1C1CCCCC1. The molecule has 1 saturated carbocycles. The molecule has 7 heteroatoms. The lowest BCUT2D eigenvalue weighted by molar-refractivity contribution is -0.131. The van der Waals surface area contributed by atoms with Crippen molar-refractivity contribution in [2.45, 2.75) is 75.5 Å². The summed E-state index contributed by atoms with van der Waals surface area (Å²) < 4.78 is 2.28. The fourth-order valence-electron chi connectivity index (χ4n) is 4.42. The van der Waals surface area contributed by atoms with Crippen molar-refractivity contribution in [1.29, 1.82) is 0 Å². The summed E-state index contributed by atoms with van der Waals surface area (Å²) in [4.78, 5) is 19.0. The summed E-state index contributed by atoms with van der Waals surface area (Å²) in [6.45, 7) is 3.05. The third kappa shape index (κ3) is 4.24. The van der Waals surface area contributed by atoms with E-state index in [1.165, 1.54) is 25.7 Å². The van der Waals surface area contributed by atoms with Gasteiger partial charge in [-0.1, -0.05) is 31.0 Å². The van der Waals surface area contributed by atoms with Crippen LogP contribution in [0.15, 0.2) is 29.7 Å². The number of hydrogen-bond donors (Lipinski definition) is 0. The molecule has 1 aliphatic heterocycles. The average molecular weight is 400 g/mol. The van der Waals surface area contributed by atoms with Crippen molar-refractivity contribution >= 4 is 17.7 Å². The van der Waals surface area contributed by atoms with Crippen LogP contribution < -0.4 is 0 Å². The predicted octanol–water partition coefficient (Wildman–Crippen LogP) is 4.34. The van der Waals surface area contributed by atoms with Crippen LogP contribution in [0.1, 0.15) is 64.3 Å². The van der Waals surface area contributed by atoms with Gasteiger partial charge in [0.15, 0.2) is 11.0 Å². The van der Waals surface area contributed by atoms with Crippen LogP contribution in [0.3, 0.4) is 0 Å². The van der Waals surface area contributed by atoms with Crippen molar-refractivity contribution in [3.63, 3.8) is 0 Å². The third-order valence-electron chi connectivity index (χ3n) is 5.99. The fraction of sp³-hybridized carbons (Fsp3) is 0.619. The van der Waals surface area contributed by atoms with Crippen molar-refractivity contribution in [2.24, 2.45) is 0 Å². The zero-order chi connectivity index (χ0) is 19.3. The number of thioether (sulfide) groups is 1. The summed E-state index contributed by atoms with van der Waals surface area (Å²) in [7, 11) is 0. The molecule has 2 aromatic heterocycles. The Balaban J connectivity index is 1.54. The predicted molar refractivity (Wildman–Crippen MR) is 111 cm³/mol. The van der Waals surface area contributed by atoms with E-state index in [1.807, 2.05) is 17.0 Å². The first-order valence-corrected chi connectivity index (χ1v) is 11.5. The first-order valence-electron chi connectivity index (χ1n) is 10.5. The maximum Gasteiger partial charge on any atom is 0.233 e. The minimum Gasteiger partial charge on any atom is -0.339 e. The van der Waals surface area contributed by atoms with E-state index in [1.54, 1.807) is 24.2 Å². The van der Waals surface area contributed by atoms with Gasteiger partial charge in [-0.3, -0.25) is 14.3 Å². The second-order valence-corrected chi connectivity index (χ2v) is 8.87. The molecule has 1 aliphatic carbocycles. The molecular formula is C21H29N5OS. The van der Waals surface area contributed by atoms with Crippen LogP contribution in [0.2, 0.25) is 0 Å². The fourth-order valence-corrected chi connectivity index (χ4v) is 5.31. The first-order chi connectivity index (χ1) is 13.7. The molecule has 2 aromatic rings. The van der Waals surface area contributed by atoms with Crippen molar-refractivity contribution in [3.05, 3.63) is 24.5 Å². The van der Waals surface area contributed by atoms with Gasteiger partial charge in [0.25, 0.3) is 0 Å². The van der Waals surface area contributed by atoms with Gasteiger partial charge in [-0.05, 0) is 51.2 Å². The molecule has 4 rings (SSSR count). The van der Waals surface area contributed by atoms with E-state index in [0.717, 1.165) is 48.8 Å². The van der Waals surface area contributed by atoms with E-state index in [2.05, 4.69) is 26.7 Å². The average Bonchev–Trinajstić information content (AvgIpc) is 3.17. The number of carbonyl (C=O) groups excluding carboxylic acids is 1. The molecule has 28 heavy (non-hydrogen) atoms. The number of aromatic nitrogens is 4. The Hall–Kier alpha value is -1.89. The smallest absolute Gasteiger partial charge is 0.233 e. The van der Waals surface area contributed by atoms with Crippen LogP contribution in [-0.2, 0) is 4.79 Å². The summed E-state index contributed by atoms with van der Waals surface area (Å²) in [5, 5.41) is 9.87. The third-order valence-corrected chi connectivity index (χ3v) is 6.92. The van der Waals surface area contributed by atoms with Gasteiger partial charge in [0.05, 0.1) is 5.75 Å². The molecule has 1 saturated heterocycles. The minimum absolute atomic E-state index is 0.223. The normalized spacial score (nSPS) is 21.0. The van der Waals surface area contributed by atoms with Gasteiger partial charge in [-0.25, -0.2) is 0 Å². The molecule has 0 N–H and O–H groups in total. The standard InChI is InChI=1S/C21H29N5OS/c1-16-7-5-6-14-25(16)19(27)15-28-21-24-23-20(17-10-12-22-13-11-17)26(21)18-8-3-2-4-9-18/h10-13,16,18H,2-9,14-15H2,1H3/t16-/m0/s1. The van der Waals surface area contributed by atoms with Crippen LogP contribution in [-0.4, -0.2) is 48.9 Å². The number of hydrogen-bond acceptors (Lipinski definition) is 5. The van der Waals surface area contributed by atoms with Crippen molar-refractivity contribution in [1.82, 2.24) is 24.6 Å². The molecule has 0 spiro atoms. The van der Waals surface area contributed by atoms with Gasteiger partial charge in [0.2, 0.25) is 5.91 Å². The monoisotopic (exact) mass is 399 g/mol. The molecule has 2 fully saturated rings. The highest BCUT2D eigenvalue weighted by Gasteiger charge is 2.26. The molecule has 0 radical (unpaired) electrons. The Bertz CT molecular complexity index is 787. The molecule has 1 amide bonds. The van der Waals surface area contributed by atoms with E-state index in [0.29, 0.717) is 17.8 Å².